The molecule has 0 aliphatic carbocycles. The van der Waals surface area contributed by atoms with E-state index in [1.54, 1.807) is 37.4 Å². The van der Waals surface area contributed by atoms with Gasteiger partial charge in [-0.15, -0.1) is 0 Å². The fourth-order valence-electron chi connectivity index (χ4n) is 3.30. The number of carbonyl (C=O) groups is 3. The number of Topliss-reactive ketones (excluding diaryl/α,β-unsaturated/α-hetero) is 1. The van der Waals surface area contributed by atoms with Gasteiger partial charge in [-0.05, 0) is 25.1 Å². The summed E-state index contributed by atoms with van der Waals surface area (Å²) in [5.74, 6) is -0.503. The van der Waals surface area contributed by atoms with Crippen LogP contribution in [0.5, 0.6) is 5.75 Å². The van der Waals surface area contributed by atoms with Crippen molar-refractivity contribution in [3.05, 3.63) is 70.3 Å². The highest BCUT2D eigenvalue weighted by molar-refractivity contribution is 8.03. The Morgan fingerprint density at radius 3 is 2.74 bits per heavy atom. The highest BCUT2D eigenvalue weighted by Crippen LogP contribution is 2.39. The number of nitrogens with zero attached hydrogens (tertiary/aromatic N) is 1. The molecule has 0 radical (unpaired) electrons. The van der Waals surface area contributed by atoms with Gasteiger partial charge >= 0.3 is 0 Å². The summed E-state index contributed by atoms with van der Waals surface area (Å²) >= 11 is 1.09. The van der Waals surface area contributed by atoms with E-state index in [1.807, 2.05) is 18.2 Å². The van der Waals surface area contributed by atoms with Gasteiger partial charge in [0.1, 0.15) is 5.75 Å². The number of allylic oxidation sites excluding steroid dienone is 1. The zero-order chi connectivity index (χ0) is 22.4. The number of hydrogen-bond donors (Lipinski definition) is 2. The molecule has 3 rings (SSSR count). The predicted octanol–water partition coefficient (Wildman–Crippen LogP) is 3.61. The molecule has 1 aliphatic heterocycles. The van der Waals surface area contributed by atoms with Crippen LogP contribution in [0.15, 0.2) is 59.1 Å². The minimum atomic E-state index is -0.451. The van der Waals surface area contributed by atoms with E-state index in [9.17, 15) is 19.6 Å². The molecule has 2 amide bonds. The molecule has 2 aromatic rings. The number of nitriles is 1. The number of nitrogens with one attached hydrogen (secondary N) is 2. The van der Waals surface area contributed by atoms with Crippen LogP contribution in [-0.4, -0.2) is 30.5 Å². The zero-order valence-corrected chi connectivity index (χ0v) is 17.9. The Balaban J connectivity index is 1.77. The minimum absolute atomic E-state index is 0.0102. The molecule has 2 aromatic carbocycles. The van der Waals surface area contributed by atoms with Gasteiger partial charge in [-0.1, -0.05) is 42.1 Å². The molecule has 0 fully saturated rings. The smallest absolute Gasteiger partial charge is 0.234 e. The molecule has 7 nitrogen and oxygen atoms in total. The van der Waals surface area contributed by atoms with Gasteiger partial charge in [0.25, 0.3) is 0 Å². The van der Waals surface area contributed by atoms with Crippen molar-refractivity contribution in [3.63, 3.8) is 0 Å². The summed E-state index contributed by atoms with van der Waals surface area (Å²) in [7, 11) is 1.54. The van der Waals surface area contributed by atoms with Crippen molar-refractivity contribution in [2.45, 2.75) is 19.3 Å². The first-order valence-electron chi connectivity index (χ1n) is 9.53. The lowest BCUT2D eigenvalue weighted by atomic mass is 9.86. The second-order valence-corrected chi connectivity index (χ2v) is 7.86. The summed E-state index contributed by atoms with van der Waals surface area (Å²) in [4.78, 5) is 36.2. The van der Waals surface area contributed by atoms with Gasteiger partial charge < -0.3 is 15.4 Å². The molecule has 31 heavy (non-hydrogen) atoms. The van der Waals surface area contributed by atoms with Crippen LogP contribution in [0.4, 0.5) is 5.69 Å². The van der Waals surface area contributed by atoms with Crippen LogP contribution in [0.1, 0.15) is 35.2 Å². The van der Waals surface area contributed by atoms with Gasteiger partial charge in [0.2, 0.25) is 11.8 Å². The van der Waals surface area contributed by atoms with Crippen LogP contribution in [0, 0.1) is 11.3 Å². The summed E-state index contributed by atoms with van der Waals surface area (Å²) in [5.41, 5.74) is 2.15. The molecule has 1 atom stereocenters. The second kappa shape index (κ2) is 9.96. The molecule has 0 bridgehead atoms. The number of amides is 2. The van der Waals surface area contributed by atoms with Crippen molar-refractivity contribution in [1.82, 2.24) is 5.32 Å². The SMILES string of the molecule is COc1ccccc1[C@@H]1CC(=O)NC(SCC(=O)Nc2cccc(C(C)=O)c2)=C1C#N. The van der Waals surface area contributed by atoms with Gasteiger partial charge in [-0.25, -0.2) is 0 Å². The lowest BCUT2D eigenvalue weighted by molar-refractivity contribution is -0.121. The average Bonchev–Trinajstić information content (AvgIpc) is 2.77. The molecule has 1 aliphatic rings. The number of methoxy groups -OCH3 is 1. The summed E-state index contributed by atoms with van der Waals surface area (Å²) in [6, 6.07) is 16.1. The lowest BCUT2D eigenvalue weighted by Gasteiger charge is -2.26. The Kier molecular flexibility index (Phi) is 7.11. The molecular weight excluding hydrogens is 414 g/mol. The van der Waals surface area contributed by atoms with Crippen LogP contribution in [-0.2, 0) is 9.59 Å². The van der Waals surface area contributed by atoms with Gasteiger partial charge in [-0.3, -0.25) is 14.4 Å². The van der Waals surface area contributed by atoms with E-state index in [-0.39, 0.29) is 29.8 Å². The molecule has 0 saturated carbocycles. The van der Waals surface area contributed by atoms with Crippen molar-refractivity contribution >= 4 is 35.0 Å². The van der Waals surface area contributed by atoms with Gasteiger partial charge in [0.05, 0.1) is 29.5 Å². The first-order chi connectivity index (χ1) is 14.9. The fourth-order valence-corrected chi connectivity index (χ4v) is 4.18. The maximum absolute atomic E-state index is 12.4. The number of thioether (sulfide) groups is 1. The van der Waals surface area contributed by atoms with Crippen molar-refractivity contribution < 1.29 is 19.1 Å². The van der Waals surface area contributed by atoms with E-state index in [0.29, 0.717) is 27.6 Å². The van der Waals surface area contributed by atoms with Crippen LogP contribution in [0.3, 0.4) is 0 Å². The number of ether oxygens (including phenoxy) is 1. The van der Waals surface area contributed by atoms with E-state index in [1.165, 1.54) is 6.92 Å². The molecule has 158 valence electrons. The summed E-state index contributed by atoms with van der Waals surface area (Å²) in [5, 5.41) is 15.6. The molecule has 8 heteroatoms. The lowest BCUT2D eigenvalue weighted by Crippen LogP contribution is -2.31. The number of anilines is 1. The maximum atomic E-state index is 12.4. The number of carbonyl (C=O) groups excluding carboxylic acids is 3. The van der Waals surface area contributed by atoms with Crippen LogP contribution >= 0.6 is 11.8 Å². The van der Waals surface area contributed by atoms with E-state index in [2.05, 4.69) is 16.7 Å². The molecule has 0 aromatic heterocycles. The summed E-state index contributed by atoms with van der Waals surface area (Å²) in [6.07, 6.45) is 0.122. The Hall–Kier alpha value is -3.57. The molecule has 0 spiro atoms. The predicted molar refractivity (Wildman–Crippen MR) is 119 cm³/mol. The highest BCUT2D eigenvalue weighted by Gasteiger charge is 2.31. The molecule has 1 heterocycles. The van der Waals surface area contributed by atoms with E-state index in [0.717, 1.165) is 17.3 Å². The molecule has 0 saturated heterocycles. The Labute approximate surface area is 184 Å². The van der Waals surface area contributed by atoms with Crippen LogP contribution in [0.2, 0.25) is 0 Å². The summed E-state index contributed by atoms with van der Waals surface area (Å²) in [6.45, 7) is 1.45. The number of benzene rings is 2. The van der Waals surface area contributed by atoms with Crippen molar-refractivity contribution in [2.75, 3.05) is 18.2 Å². The molecular formula is C23H21N3O4S. The normalized spacial score (nSPS) is 15.6. The first kappa shape index (κ1) is 22.1. The summed E-state index contributed by atoms with van der Waals surface area (Å²) < 4.78 is 5.39. The van der Waals surface area contributed by atoms with Crippen molar-refractivity contribution in [3.8, 4) is 11.8 Å². The second-order valence-electron chi connectivity index (χ2n) is 6.88. The monoisotopic (exact) mass is 435 g/mol. The Morgan fingerprint density at radius 2 is 2.03 bits per heavy atom. The van der Waals surface area contributed by atoms with Gasteiger partial charge in [0, 0.05) is 29.2 Å². The molecule has 0 unspecified atom stereocenters. The number of ketones is 1. The third kappa shape index (κ3) is 5.32. The Morgan fingerprint density at radius 1 is 1.26 bits per heavy atom. The van der Waals surface area contributed by atoms with E-state index >= 15 is 0 Å². The highest BCUT2D eigenvalue weighted by atomic mass is 32.2. The number of rotatable bonds is 7. The minimum Gasteiger partial charge on any atom is -0.496 e. The zero-order valence-electron chi connectivity index (χ0n) is 17.1. The standard InChI is InChI=1S/C23H21N3O4S/c1-14(27)15-6-5-7-16(10-15)25-22(29)13-31-23-19(12-24)18(11-21(28)26-23)17-8-3-4-9-20(17)30-2/h3-10,18H,11,13H2,1-2H3,(H,25,29)(H,26,28)/t18-/m0/s1. The largest absolute Gasteiger partial charge is 0.496 e. The third-order valence-electron chi connectivity index (χ3n) is 4.77. The molecule has 2 N–H and O–H groups in total. The number of hydrogen-bond acceptors (Lipinski definition) is 6. The van der Waals surface area contributed by atoms with Crippen LogP contribution in [0.25, 0.3) is 0 Å². The fraction of sp³-hybridized carbons (Fsp3) is 0.217. The van der Waals surface area contributed by atoms with E-state index < -0.39 is 5.92 Å². The van der Waals surface area contributed by atoms with Crippen LogP contribution < -0.4 is 15.4 Å². The topological polar surface area (TPSA) is 108 Å². The van der Waals surface area contributed by atoms with Gasteiger partial charge in [0.15, 0.2) is 5.78 Å². The van der Waals surface area contributed by atoms with Crippen molar-refractivity contribution in [1.29, 1.82) is 5.26 Å². The third-order valence-corrected chi connectivity index (χ3v) is 5.79. The van der Waals surface area contributed by atoms with Gasteiger partial charge in [-0.2, -0.15) is 5.26 Å². The first-order valence-corrected chi connectivity index (χ1v) is 10.5. The number of para-hydroxylation sites is 1. The van der Waals surface area contributed by atoms with Crippen molar-refractivity contribution in [2.24, 2.45) is 0 Å². The van der Waals surface area contributed by atoms with E-state index in [4.69, 9.17) is 4.74 Å². The Bertz CT molecular complexity index is 1100. The average molecular weight is 436 g/mol. The quantitative estimate of drug-likeness (QED) is 0.643. The maximum Gasteiger partial charge on any atom is 0.234 e.